The van der Waals surface area contributed by atoms with Crippen LogP contribution in [0.5, 0.6) is 11.5 Å². The van der Waals surface area contributed by atoms with Crippen LogP contribution in [0.15, 0.2) is 71.8 Å². The van der Waals surface area contributed by atoms with E-state index in [1.807, 2.05) is 57.2 Å². The van der Waals surface area contributed by atoms with Crippen LogP contribution in [0.1, 0.15) is 37.7 Å². The first-order chi connectivity index (χ1) is 17.5. The van der Waals surface area contributed by atoms with Gasteiger partial charge in [-0.25, -0.2) is 4.98 Å². The van der Waals surface area contributed by atoms with Gasteiger partial charge < -0.3 is 9.47 Å². The maximum Gasteiger partial charge on any atom is 0.282 e. The van der Waals surface area contributed by atoms with Gasteiger partial charge in [-0.15, -0.1) is 0 Å². The summed E-state index contributed by atoms with van der Waals surface area (Å²) < 4.78 is 15.2. The summed E-state index contributed by atoms with van der Waals surface area (Å²) in [7, 11) is 1.57. The van der Waals surface area contributed by atoms with E-state index >= 15 is 0 Å². The number of benzene rings is 3. The van der Waals surface area contributed by atoms with Crippen molar-refractivity contribution in [2.45, 2.75) is 32.8 Å². The Balaban J connectivity index is 1.76. The molecule has 4 rings (SSSR count). The molecule has 0 saturated carbocycles. The third kappa shape index (κ3) is 6.11. The van der Waals surface area contributed by atoms with Gasteiger partial charge in [0.15, 0.2) is 11.5 Å². The summed E-state index contributed by atoms with van der Waals surface area (Å²) in [6.07, 6.45) is 1.60. The highest BCUT2D eigenvalue weighted by Gasteiger charge is 2.23. The van der Waals surface area contributed by atoms with E-state index in [1.165, 1.54) is 4.68 Å². The Labute approximate surface area is 245 Å². The lowest BCUT2D eigenvalue weighted by molar-refractivity contribution is 0.282. The van der Waals surface area contributed by atoms with Crippen molar-refractivity contribution in [1.29, 1.82) is 0 Å². The highest BCUT2D eigenvalue weighted by atomic mass is 79.9. The summed E-state index contributed by atoms with van der Waals surface area (Å²) in [5.41, 5.74) is 1.59. The molecular formula is C27H23Br3ClN3O3. The molecule has 0 radical (unpaired) electrons. The van der Waals surface area contributed by atoms with E-state index in [-0.39, 0.29) is 5.56 Å². The Morgan fingerprint density at radius 1 is 1.05 bits per heavy atom. The van der Waals surface area contributed by atoms with E-state index in [0.29, 0.717) is 54.4 Å². The fourth-order valence-electron chi connectivity index (χ4n) is 3.58. The van der Waals surface area contributed by atoms with Gasteiger partial charge in [-0.2, -0.15) is 9.78 Å². The van der Waals surface area contributed by atoms with Crippen molar-refractivity contribution in [2.75, 3.05) is 7.11 Å². The maximum atomic E-state index is 13.5. The predicted molar refractivity (Wildman–Crippen MR) is 160 cm³/mol. The quantitative estimate of drug-likeness (QED) is 0.190. The third-order valence-electron chi connectivity index (χ3n) is 5.46. The lowest BCUT2D eigenvalue weighted by atomic mass is 9.95. The van der Waals surface area contributed by atoms with E-state index in [4.69, 9.17) is 26.1 Å². The zero-order valence-electron chi connectivity index (χ0n) is 20.5. The van der Waals surface area contributed by atoms with Crippen LogP contribution in [0.2, 0.25) is 5.02 Å². The second kappa shape index (κ2) is 11.3. The molecule has 0 aliphatic rings. The number of rotatable bonds is 6. The van der Waals surface area contributed by atoms with Gasteiger partial charge in [-0.05, 0) is 73.8 Å². The SMILES string of the molecule is COc1cc(C=Nn2c(C(C)(C)C)nc3ccc(Br)cc3c2=O)c(Br)c(Br)c1OCc1ccc(Cl)cc1. The Hall–Kier alpha value is -2.20. The van der Waals surface area contributed by atoms with Crippen molar-refractivity contribution in [2.24, 2.45) is 5.10 Å². The van der Waals surface area contributed by atoms with Gasteiger partial charge in [0.2, 0.25) is 0 Å². The topological polar surface area (TPSA) is 65.7 Å². The first-order valence-electron chi connectivity index (χ1n) is 11.2. The Kier molecular flexibility index (Phi) is 8.48. The summed E-state index contributed by atoms with van der Waals surface area (Å²) in [5.74, 6) is 1.59. The molecule has 0 fully saturated rings. The van der Waals surface area contributed by atoms with Crippen LogP contribution in [0.3, 0.4) is 0 Å². The van der Waals surface area contributed by atoms with Crippen molar-refractivity contribution in [1.82, 2.24) is 9.66 Å². The number of nitrogens with zero attached hydrogens (tertiary/aromatic N) is 3. The van der Waals surface area contributed by atoms with Gasteiger partial charge in [0.25, 0.3) is 5.56 Å². The zero-order chi connectivity index (χ0) is 26.9. The monoisotopic (exact) mass is 709 g/mol. The molecule has 37 heavy (non-hydrogen) atoms. The van der Waals surface area contributed by atoms with Crippen LogP contribution < -0.4 is 15.0 Å². The Morgan fingerprint density at radius 3 is 2.41 bits per heavy atom. The molecule has 0 spiro atoms. The van der Waals surface area contributed by atoms with E-state index < -0.39 is 5.41 Å². The summed E-state index contributed by atoms with van der Waals surface area (Å²) in [6.45, 7) is 6.31. The van der Waals surface area contributed by atoms with Crippen molar-refractivity contribution in [3.05, 3.63) is 94.3 Å². The summed E-state index contributed by atoms with van der Waals surface area (Å²) in [6, 6.07) is 14.7. The molecule has 0 atom stereocenters. The van der Waals surface area contributed by atoms with Crippen molar-refractivity contribution in [3.8, 4) is 11.5 Å². The number of methoxy groups -OCH3 is 1. The van der Waals surface area contributed by atoms with E-state index in [1.54, 1.807) is 25.5 Å². The minimum absolute atomic E-state index is 0.252. The lowest BCUT2D eigenvalue weighted by Crippen LogP contribution is -2.29. The average molecular weight is 713 g/mol. The third-order valence-corrected chi connectivity index (χ3v) is 8.35. The predicted octanol–water partition coefficient (Wildman–Crippen LogP) is 8.10. The van der Waals surface area contributed by atoms with Crippen LogP contribution in [0.4, 0.5) is 0 Å². The molecule has 6 nitrogen and oxygen atoms in total. The molecule has 0 bridgehead atoms. The van der Waals surface area contributed by atoms with E-state index in [2.05, 4.69) is 52.9 Å². The van der Waals surface area contributed by atoms with Crippen LogP contribution >= 0.6 is 59.4 Å². The molecule has 4 aromatic rings. The van der Waals surface area contributed by atoms with Crippen molar-refractivity contribution < 1.29 is 9.47 Å². The average Bonchev–Trinajstić information content (AvgIpc) is 2.85. The molecule has 0 N–H and O–H groups in total. The summed E-state index contributed by atoms with van der Waals surface area (Å²) >= 11 is 16.7. The molecule has 0 unspecified atom stereocenters. The minimum Gasteiger partial charge on any atom is -0.493 e. The molecule has 1 heterocycles. The molecular weight excluding hydrogens is 689 g/mol. The number of aromatic nitrogens is 2. The highest BCUT2D eigenvalue weighted by molar-refractivity contribution is 9.13. The number of halogens is 4. The first-order valence-corrected chi connectivity index (χ1v) is 14.0. The number of fused-ring (bicyclic) bond motifs is 1. The smallest absolute Gasteiger partial charge is 0.282 e. The Bertz CT molecular complexity index is 1560. The first kappa shape index (κ1) is 27.8. The zero-order valence-corrected chi connectivity index (χ0v) is 26.0. The highest BCUT2D eigenvalue weighted by Crippen LogP contribution is 2.42. The minimum atomic E-state index is -0.424. The second-order valence-corrected chi connectivity index (χ2v) is 12.2. The van der Waals surface area contributed by atoms with Crippen LogP contribution in [0, 0.1) is 0 Å². The largest absolute Gasteiger partial charge is 0.493 e. The fraction of sp³-hybridized carbons (Fsp3) is 0.222. The summed E-state index contributed by atoms with van der Waals surface area (Å²) in [5, 5.41) is 5.71. The fourth-order valence-corrected chi connectivity index (χ4v) is 5.00. The Morgan fingerprint density at radius 2 is 1.76 bits per heavy atom. The van der Waals surface area contributed by atoms with Gasteiger partial charge in [0.05, 0.1) is 28.7 Å². The normalized spacial score (nSPS) is 11.9. The van der Waals surface area contributed by atoms with Crippen LogP contribution in [-0.4, -0.2) is 23.0 Å². The van der Waals surface area contributed by atoms with Gasteiger partial charge in [0.1, 0.15) is 12.4 Å². The van der Waals surface area contributed by atoms with Gasteiger partial charge in [-0.1, -0.05) is 60.4 Å². The van der Waals surface area contributed by atoms with Crippen molar-refractivity contribution in [3.63, 3.8) is 0 Å². The standard InChI is InChI=1S/C27H23Br3ClN3O3/c1-27(2,3)26-33-20-10-7-17(28)12-19(20)25(35)34(26)32-13-16-11-21(36-4)24(23(30)22(16)29)37-14-15-5-8-18(31)9-6-15/h5-13H,14H2,1-4H3. The van der Waals surface area contributed by atoms with E-state index in [9.17, 15) is 4.79 Å². The molecule has 0 amide bonds. The van der Waals surface area contributed by atoms with Gasteiger partial charge >= 0.3 is 0 Å². The van der Waals surface area contributed by atoms with Gasteiger partial charge in [0, 0.05) is 24.9 Å². The maximum absolute atomic E-state index is 13.5. The van der Waals surface area contributed by atoms with Crippen molar-refractivity contribution >= 4 is 76.5 Å². The number of hydrogen-bond donors (Lipinski definition) is 0. The molecule has 0 saturated heterocycles. The van der Waals surface area contributed by atoms with E-state index in [0.717, 1.165) is 10.0 Å². The molecule has 10 heteroatoms. The molecule has 0 aliphatic heterocycles. The molecule has 3 aromatic carbocycles. The molecule has 192 valence electrons. The van der Waals surface area contributed by atoms with Crippen LogP contribution in [-0.2, 0) is 12.0 Å². The van der Waals surface area contributed by atoms with Gasteiger partial charge in [-0.3, -0.25) is 4.79 Å². The van der Waals surface area contributed by atoms with Crippen LogP contribution in [0.25, 0.3) is 10.9 Å². The number of ether oxygens (including phenoxy) is 2. The summed E-state index contributed by atoms with van der Waals surface area (Å²) in [4.78, 5) is 18.2. The molecule has 1 aromatic heterocycles. The lowest BCUT2D eigenvalue weighted by Gasteiger charge is -2.21. The number of hydrogen-bond acceptors (Lipinski definition) is 5. The molecule has 0 aliphatic carbocycles. The second-order valence-electron chi connectivity index (χ2n) is 9.25.